The van der Waals surface area contributed by atoms with Gasteiger partial charge in [-0.2, -0.15) is 0 Å². The number of nitrogens with one attached hydrogen (secondary N) is 1. The second kappa shape index (κ2) is 4.65. The molecule has 5 heteroatoms. The lowest BCUT2D eigenvalue weighted by Gasteiger charge is -2.33. The number of oxazole rings is 1. The van der Waals surface area contributed by atoms with Gasteiger partial charge in [-0.05, 0) is 6.92 Å². The van der Waals surface area contributed by atoms with Crippen molar-refractivity contribution in [2.24, 2.45) is 0 Å². The number of hydrogen-bond acceptors (Lipinski definition) is 4. The van der Waals surface area contributed by atoms with Crippen LogP contribution in [0.4, 0.5) is 0 Å². The average Bonchev–Trinajstić information content (AvgIpc) is 2.77. The maximum absolute atomic E-state index is 12.2. The second-order valence-electron chi connectivity index (χ2n) is 4.03. The number of aromatic nitrogens is 1. The van der Waals surface area contributed by atoms with E-state index in [0.29, 0.717) is 17.9 Å². The van der Waals surface area contributed by atoms with Crippen molar-refractivity contribution < 1.29 is 9.21 Å². The Labute approximate surface area is 94.8 Å². The largest absolute Gasteiger partial charge is 0.448 e. The molecule has 0 saturated carbocycles. The van der Waals surface area contributed by atoms with E-state index in [4.69, 9.17) is 4.42 Å². The molecule has 16 heavy (non-hydrogen) atoms. The number of amides is 1. The lowest BCUT2D eigenvalue weighted by Crippen LogP contribution is -2.52. The lowest BCUT2D eigenvalue weighted by molar-refractivity contribution is 0.0648. The first-order chi connectivity index (χ1) is 7.74. The molecule has 1 N–H and O–H groups in total. The van der Waals surface area contributed by atoms with Gasteiger partial charge in [0.05, 0.1) is 0 Å². The number of carbonyl (C=O) groups is 1. The molecule has 1 atom stereocenters. The third-order valence-electron chi connectivity index (χ3n) is 2.93. The van der Waals surface area contributed by atoms with Crippen LogP contribution in [0, 0.1) is 0 Å². The van der Waals surface area contributed by atoms with Crippen molar-refractivity contribution in [1.82, 2.24) is 15.2 Å². The molecular formula is C11H17N3O2. The first kappa shape index (κ1) is 11.1. The Morgan fingerprint density at radius 1 is 1.75 bits per heavy atom. The normalized spacial score (nSPS) is 21.1. The molecule has 1 saturated heterocycles. The van der Waals surface area contributed by atoms with Crippen molar-refractivity contribution in [2.75, 3.05) is 19.6 Å². The maximum Gasteiger partial charge on any atom is 0.276 e. The number of piperazine rings is 1. The molecule has 1 amide bonds. The molecule has 0 aliphatic carbocycles. The van der Waals surface area contributed by atoms with Crippen LogP contribution in [0.2, 0.25) is 0 Å². The molecule has 1 aliphatic rings. The van der Waals surface area contributed by atoms with Crippen LogP contribution in [0.15, 0.2) is 10.8 Å². The lowest BCUT2D eigenvalue weighted by atomic mass is 10.2. The third kappa shape index (κ3) is 1.95. The number of nitrogens with zero attached hydrogens (tertiary/aromatic N) is 2. The highest BCUT2D eigenvalue weighted by Gasteiger charge is 2.27. The first-order valence-electron chi connectivity index (χ1n) is 5.68. The summed E-state index contributed by atoms with van der Waals surface area (Å²) in [5, 5.41) is 3.26. The van der Waals surface area contributed by atoms with Gasteiger partial charge >= 0.3 is 0 Å². The quantitative estimate of drug-likeness (QED) is 0.800. The smallest absolute Gasteiger partial charge is 0.276 e. The molecule has 0 aromatic carbocycles. The molecule has 5 nitrogen and oxygen atoms in total. The third-order valence-corrected chi connectivity index (χ3v) is 2.93. The Kier molecular flexibility index (Phi) is 3.24. The van der Waals surface area contributed by atoms with Gasteiger partial charge in [-0.3, -0.25) is 4.79 Å². The highest BCUT2D eigenvalue weighted by molar-refractivity contribution is 5.93. The molecule has 88 valence electrons. The van der Waals surface area contributed by atoms with E-state index in [1.165, 1.54) is 6.39 Å². The number of aryl methyl sites for hydroxylation is 1. The predicted octanol–water partition coefficient (Wildman–Crippen LogP) is 0.671. The minimum Gasteiger partial charge on any atom is -0.448 e. The SMILES string of the molecule is CCc1ocnc1C(=O)N1CCNC[C@H]1C. The summed E-state index contributed by atoms with van der Waals surface area (Å²) >= 11 is 0. The van der Waals surface area contributed by atoms with Gasteiger partial charge in [0, 0.05) is 32.1 Å². The Morgan fingerprint density at radius 3 is 3.25 bits per heavy atom. The Bertz CT molecular complexity index is 375. The Balaban J connectivity index is 2.17. The van der Waals surface area contributed by atoms with E-state index in [9.17, 15) is 4.79 Å². The van der Waals surface area contributed by atoms with Crippen LogP contribution < -0.4 is 5.32 Å². The topological polar surface area (TPSA) is 58.4 Å². The molecule has 0 spiro atoms. The fraction of sp³-hybridized carbons (Fsp3) is 0.636. The van der Waals surface area contributed by atoms with Crippen LogP contribution in [0.1, 0.15) is 30.1 Å². The van der Waals surface area contributed by atoms with Gasteiger partial charge in [-0.1, -0.05) is 6.92 Å². The van der Waals surface area contributed by atoms with Crippen molar-refractivity contribution >= 4 is 5.91 Å². The van der Waals surface area contributed by atoms with Crippen molar-refractivity contribution in [3.8, 4) is 0 Å². The number of carbonyl (C=O) groups excluding carboxylic acids is 1. The molecule has 1 aromatic heterocycles. The van der Waals surface area contributed by atoms with Crippen LogP contribution in [0.25, 0.3) is 0 Å². The van der Waals surface area contributed by atoms with E-state index in [1.54, 1.807) is 0 Å². The second-order valence-corrected chi connectivity index (χ2v) is 4.03. The predicted molar refractivity (Wildman–Crippen MR) is 59.2 cm³/mol. The van der Waals surface area contributed by atoms with Gasteiger partial charge in [-0.25, -0.2) is 4.98 Å². The summed E-state index contributed by atoms with van der Waals surface area (Å²) in [7, 11) is 0. The van der Waals surface area contributed by atoms with Gasteiger partial charge in [0.15, 0.2) is 12.1 Å². The van der Waals surface area contributed by atoms with Crippen LogP contribution in [-0.2, 0) is 6.42 Å². The van der Waals surface area contributed by atoms with Gasteiger partial charge in [-0.15, -0.1) is 0 Å². The van der Waals surface area contributed by atoms with E-state index in [2.05, 4.69) is 10.3 Å². The molecule has 1 fully saturated rings. The first-order valence-corrected chi connectivity index (χ1v) is 5.68. The zero-order valence-electron chi connectivity index (χ0n) is 9.69. The highest BCUT2D eigenvalue weighted by atomic mass is 16.3. The Hall–Kier alpha value is -1.36. The van der Waals surface area contributed by atoms with Crippen molar-refractivity contribution in [3.05, 3.63) is 17.8 Å². The van der Waals surface area contributed by atoms with E-state index in [1.807, 2.05) is 18.7 Å². The summed E-state index contributed by atoms with van der Waals surface area (Å²) in [5.74, 6) is 0.662. The fourth-order valence-corrected chi connectivity index (χ4v) is 1.97. The van der Waals surface area contributed by atoms with Gasteiger partial charge in [0.1, 0.15) is 5.76 Å². The summed E-state index contributed by atoms with van der Waals surface area (Å²) in [6.45, 7) is 6.41. The van der Waals surface area contributed by atoms with Crippen molar-refractivity contribution in [1.29, 1.82) is 0 Å². The summed E-state index contributed by atoms with van der Waals surface area (Å²) < 4.78 is 5.19. The van der Waals surface area contributed by atoms with Gasteiger partial charge in [0.2, 0.25) is 0 Å². The van der Waals surface area contributed by atoms with Gasteiger partial charge < -0.3 is 14.6 Å². The highest BCUT2D eigenvalue weighted by Crippen LogP contribution is 2.13. The van der Waals surface area contributed by atoms with E-state index in [0.717, 1.165) is 19.6 Å². The van der Waals surface area contributed by atoms with Crippen molar-refractivity contribution in [3.63, 3.8) is 0 Å². The zero-order chi connectivity index (χ0) is 11.5. The molecule has 0 bridgehead atoms. The maximum atomic E-state index is 12.2. The number of rotatable bonds is 2. The minimum atomic E-state index is -0.0143. The summed E-state index contributed by atoms with van der Waals surface area (Å²) in [6, 6.07) is 0.211. The minimum absolute atomic E-state index is 0.0143. The molecule has 0 radical (unpaired) electrons. The molecule has 1 aliphatic heterocycles. The molecule has 0 unspecified atom stereocenters. The van der Waals surface area contributed by atoms with Crippen LogP contribution in [0.3, 0.4) is 0 Å². The monoisotopic (exact) mass is 223 g/mol. The molecule has 2 heterocycles. The summed E-state index contributed by atoms with van der Waals surface area (Å²) in [6.07, 6.45) is 2.04. The van der Waals surface area contributed by atoms with Gasteiger partial charge in [0.25, 0.3) is 5.91 Å². The van der Waals surface area contributed by atoms with Crippen LogP contribution in [-0.4, -0.2) is 41.5 Å². The molecular weight excluding hydrogens is 206 g/mol. The fourth-order valence-electron chi connectivity index (χ4n) is 1.97. The number of hydrogen-bond donors (Lipinski definition) is 1. The zero-order valence-corrected chi connectivity index (χ0v) is 9.69. The average molecular weight is 223 g/mol. The van der Waals surface area contributed by atoms with E-state index in [-0.39, 0.29) is 11.9 Å². The molecule has 1 aromatic rings. The van der Waals surface area contributed by atoms with Crippen LogP contribution >= 0.6 is 0 Å². The molecule has 2 rings (SSSR count). The van der Waals surface area contributed by atoms with Crippen molar-refractivity contribution in [2.45, 2.75) is 26.3 Å². The summed E-state index contributed by atoms with van der Waals surface area (Å²) in [5.41, 5.74) is 0.469. The van der Waals surface area contributed by atoms with E-state index >= 15 is 0 Å². The van der Waals surface area contributed by atoms with Crippen LogP contribution in [0.5, 0.6) is 0 Å². The summed E-state index contributed by atoms with van der Waals surface area (Å²) in [4.78, 5) is 18.1. The van der Waals surface area contributed by atoms with E-state index < -0.39 is 0 Å². The Morgan fingerprint density at radius 2 is 2.56 bits per heavy atom. The standard InChI is InChI=1S/C11H17N3O2/c1-3-9-10(13-7-16-9)11(15)14-5-4-12-6-8(14)2/h7-8,12H,3-6H2,1-2H3/t8-/m1/s1.